The van der Waals surface area contributed by atoms with Crippen molar-refractivity contribution in [3.8, 4) is 0 Å². The van der Waals surface area contributed by atoms with E-state index in [9.17, 15) is 39.0 Å². The molecule has 0 aliphatic carbocycles. The number of hydrogen-bond donors (Lipinski definition) is 7. The zero-order valence-electron chi connectivity index (χ0n) is 20.3. The van der Waals surface area contributed by atoms with Gasteiger partial charge in [0, 0.05) is 12.8 Å². The molecule has 4 unspecified atom stereocenters. The fourth-order valence-electron chi connectivity index (χ4n) is 3.19. The van der Waals surface area contributed by atoms with Gasteiger partial charge in [0.15, 0.2) is 0 Å². The third kappa shape index (κ3) is 12.2. The molecule has 0 spiro atoms. The van der Waals surface area contributed by atoms with Crippen LogP contribution >= 0.6 is 11.8 Å². The second kappa shape index (κ2) is 16.2. The number of carbonyl (C=O) groups excluding carboxylic acids is 4. The summed E-state index contributed by atoms with van der Waals surface area (Å²) in [6.07, 6.45) is 0.786. The number of carboxylic acid groups (broad SMARTS) is 2. The van der Waals surface area contributed by atoms with E-state index < -0.39 is 66.2 Å². The zero-order valence-corrected chi connectivity index (χ0v) is 21.2. The van der Waals surface area contributed by atoms with Crippen LogP contribution in [-0.4, -0.2) is 82.0 Å². The van der Waals surface area contributed by atoms with Crippen molar-refractivity contribution in [1.29, 1.82) is 0 Å². The van der Waals surface area contributed by atoms with Crippen LogP contribution in [0.15, 0.2) is 30.3 Å². The number of hydrogen-bond acceptors (Lipinski definition) is 8. The van der Waals surface area contributed by atoms with Crippen molar-refractivity contribution in [2.75, 3.05) is 12.0 Å². The summed E-state index contributed by atoms with van der Waals surface area (Å²) in [5.74, 6) is -5.51. The monoisotopic (exact) mass is 539 g/mol. The van der Waals surface area contributed by atoms with Gasteiger partial charge in [-0.2, -0.15) is 11.8 Å². The number of carboxylic acids is 2. The molecule has 14 heteroatoms. The van der Waals surface area contributed by atoms with Crippen LogP contribution in [-0.2, 0) is 35.2 Å². The minimum Gasteiger partial charge on any atom is -0.481 e. The van der Waals surface area contributed by atoms with Crippen molar-refractivity contribution >= 4 is 47.3 Å². The standard InChI is InChI=1S/C23H33N5O8S/c1-37-10-9-15(23(35)36)26-21(33)16(11-13-5-3-2-4-6-13)28-22(34)17(12-19(30)31)27-20(32)14(24)7-8-18(25)29/h2-6,14-17H,7-12,24H2,1H3,(H2,25,29)(H,26,33)(H,27,32)(H,28,34)(H,30,31)(H,35,36). The number of primary amides is 1. The molecule has 4 amide bonds. The van der Waals surface area contributed by atoms with Gasteiger partial charge in [-0.25, -0.2) is 4.79 Å². The third-order valence-corrected chi connectivity index (χ3v) is 5.84. The Morgan fingerprint density at radius 3 is 1.97 bits per heavy atom. The fraction of sp³-hybridized carbons (Fsp3) is 0.478. The second-order valence-corrected chi connectivity index (χ2v) is 9.19. The summed E-state index contributed by atoms with van der Waals surface area (Å²) in [6, 6.07) is 3.27. The Bertz CT molecular complexity index is 962. The van der Waals surface area contributed by atoms with E-state index in [-0.39, 0.29) is 25.7 Å². The number of nitrogens with two attached hydrogens (primary N) is 2. The Labute approximate surface area is 218 Å². The molecule has 204 valence electrons. The molecule has 0 heterocycles. The van der Waals surface area contributed by atoms with Crippen molar-refractivity contribution < 1.29 is 39.0 Å². The van der Waals surface area contributed by atoms with E-state index in [1.165, 1.54) is 11.8 Å². The van der Waals surface area contributed by atoms with Gasteiger partial charge in [0.1, 0.15) is 18.1 Å². The lowest BCUT2D eigenvalue weighted by atomic mass is 10.0. The van der Waals surface area contributed by atoms with Crippen LogP contribution < -0.4 is 27.4 Å². The molecular weight excluding hydrogens is 506 g/mol. The molecule has 0 bridgehead atoms. The van der Waals surface area contributed by atoms with E-state index in [1.54, 1.807) is 36.6 Å². The van der Waals surface area contributed by atoms with Gasteiger partial charge in [-0.05, 0) is 30.4 Å². The highest BCUT2D eigenvalue weighted by Gasteiger charge is 2.31. The van der Waals surface area contributed by atoms with Crippen molar-refractivity contribution in [3.05, 3.63) is 35.9 Å². The van der Waals surface area contributed by atoms with Crippen molar-refractivity contribution in [2.45, 2.75) is 56.3 Å². The molecule has 0 aromatic heterocycles. The largest absolute Gasteiger partial charge is 0.481 e. The predicted molar refractivity (Wildman–Crippen MR) is 135 cm³/mol. The molecule has 0 fully saturated rings. The second-order valence-electron chi connectivity index (χ2n) is 8.20. The number of nitrogens with one attached hydrogen (secondary N) is 3. The summed E-state index contributed by atoms with van der Waals surface area (Å²) in [6.45, 7) is 0. The lowest BCUT2D eigenvalue weighted by Crippen LogP contribution is -2.58. The average molecular weight is 540 g/mol. The number of rotatable bonds is 17. The first-order chi connectivity index (χ1) is 17.4. The maximum absolute atomic E-state index is 13.0. The fourth-order valence-corrected chi connectivity index (χ4v) is 3.66. The number of amides is 4. The maximum atomic E-state index is 13.0. The molecular formula is C23H33N5O8S. The van der Waals surface area contributed by atoms with Crippen molar-refractivity contribution in [2.24, 2.45) is 11.5 Å². The number of aliphatic carboxylic acids is 2. The summed E-state index contributed by atoms with van der Waals surface area (Å²) in [4.78, 5) is 72.3. The van der Waals surface area contributed by atoms with Crippen LogP contribution in [0.5, 0.6) is 0 Å². The summed E-state index contributed by atoms with van der Waals surface area (Å²) < 4.78 is 0. The van der Waals surface area contributed by atoms with Gasteiger partial charge in [0.2, 0.25) is 23.6 Å². The lowest BCUT2D eigenvalue weighted by Gasteiger charge is -2.25. The topological polar surface area (TPSA) is 231 Å². The average Bonchev–Trinajstić information content (AvgIpc) is 2.84. The van der Waals surface area contributed by atoms with Crippen LogP contribution in [0, 0.1) is 0 Å². The molecule has 0 saturated carbocycles. The first-order valence-electron chi connectivity index (χ1n) is 11.4. The lowest BCUT2D eigenvalue weighted by molar-refractivity contribution is -0.143. The quantitative estimate of drug-likeness (QED) is 0.122. The van der Waals surface area contributed by atoms with E-state index in [0.29, 0.717) is 11.3 Å². The Kier molecular flexibility index (Phi) is 13.7. The van der Waals surface area contributed by atoms with E-state index >= 15 is 0 Å². The molecule has 4 atom stereocenters. The van der Waals surface area contributed by atoms with Gasteiger partial charge in [-0.15, -0.1) is 0 Å². The molecule has 37 heavy (non-hydrogen) atoms. The molecule has 0 saturated heterocycles. The molecule has 0 radical (unpaired) electrons. The van der Waals surface area contributed by atoms with Crippen molar-refractivity contribution in [1.82, 2.24) is 16.0 Å². The Morgan fingerprint density at radius 2 is 1.43 bits per heavy atom. The van der Waals surface area contributed by atoms with Crippen LogP contribution in [0.3, 0.4) is 0 Å². The molecule has 0 aliphatic heterocycles. The number of thioether (sulfide) groups is 1. The van der Waals surface area contributed by atoms with E-state index in [4.69, 9.17) is 11.5 Å². The Morgan fingerprint density at radius 1 is 0.865 bits per heavy atom. The summed E-state index contributed by atoms with van der Waals surface area (Å²) >= 11 is 1.40. The van der Waals surface area contributed by atoms with Gasteiger partial charge in [-0.3, -0.25) is 24.0 Å². The summed E-state index contributed by atoms with van der Waals surface area (Å²) in [7, 11) is 0. The zero-order chi connectivity index (χ0) is 28.0. The number of carbonyl (C=O) groups is 6. The van der Waals surface area contributed by atoms with Gasteiger partial charge >= 0.3 is 11.9 Å². The van der Waals surface area contributed by atoms with Crippen LogP contribution in [0.1, 0.15) is 31.2 Å². The summed E-state index contributed by atoms with van der Waals surface area (Å²) in [5.41, 5.74) is 11.4. The smallest absolute Gasteiger partial charge is 0.326 e. The first-order valence-corrected chi connectivity index (χ1v) is 12.8. The Balaban J connectivity index is 3.08. The van der Waals surface area contributed by atoms with Crippen LogP contribution in [0.4, 0.5) is 0 Å². The molecule has 1 rings (SSSR count). The molecule has 0 aliphatic rings. The van der Waals surface area contributed by atoms with Crippen LogP contribution in [0.25, 0.3) is 0 Å². The Hall–Kier alpha value is -3.65. The first kappa shape index (κ1) is 31.4. The van der Waals surface area contributed by atoms with Gasteiger partial charge < -0.3 is 37.6 Å². The SMILES string of the molecule is CSCCC(NC(=O)C(Cc1ccccc1)NC(=O)C(CC(=O)O)NC(=O)C(N)CCC(N)=O)C(=O)O. The predicted octanol–water partition coefficient (Wildman–Crippen LogP) is -1.41. The van der Waals surface area contributed by atoms with Crippen LogP contribution in [0.2, 0.25) is 0 Å². The highest BCUT2D eigenvalue weighted by Crippen LogP contribution is 2.07. The normalized spacial score (nSPS) is 13.9. The molecule has 9 N–H and O–H groups in total. The van der Waals surface area contributed by atoms with Gasteiger partial charge in [0.05, 0.1) is 12.5 Å². The minimum absolute atomic E-state index is 0.0286. The highest BCUT2D eigenvalue weighted by molar-refractivity contribution is 7.98. The van der Waals surface area contributed by atoms with Gasteiger partial charge in [-0.1, -0.05) is 30.3 Å². The number of benzene rings is 1. The third-order valence-electron chi connectivity index (χ3n) is 5.19. The van der Waals surface area contributed by atoms with Gasteiger partial charge in [0.25, 0.3) is 0 Å². The van der Waals surface area contributed by atoms with E-state index in [1.807, 2.05) is 0 Å². The molecule has 1 aromatic rings. The highest BCUT2D eigenvalue weighted by atomic mass is 32.2. The van der Waals surface area contributed by atoms with E-state index in [2.05, 4.69) is 16.0 Å². The summed E-state index contributed by atoms with van der Waals surface area (Å²) in [5, 5.41) is 25.7. The maximum Gasteiger partial charge on any atom is 0.326 e. The minimum atomic E-state index is -1.59. The van der Waals surface area contributed by atoms with Crippen molar-refractivity contribution in [3.63, 3.8) is 0 Å². The molecule has 13 nitrogen and oxygen atoms in total. The van der Waals surface area contributed by atoms with E-state index in [0.717, 1.165) is 0 Å². The molecule has 1 aromatic carbocycles.